The quantitative estimate of drug-likeness (QED) is 0.881. The first-order valence-electron chi connectivity index (χ1n) is 5.49. The lowest BCUT2D eigenvalue weighted by Gasteiger charge is -2.02. The molecule has 88 valence electrons. The third kappa shape index (κ3) is 2.72. The maximum Gasteiger partial charge on any atom is 0.301 e. The van der Waals surface area contributed by atoms with Crippen LogP contribution < -0.4 is 5.32 Å². The van der Waals surface area contributed by atoms with Crippen molar-refractivity contribution in [2.45, 2.75) is 13.8 Å². The Labute approximate surface area is 99.7 Å². The molecule has 4 nitrogen and oxygen atoms in total. The van der Waals surface area contributed by atoms with E-state index in [1.54, 1.807) is 6.20 Å². The standard InChI is InChI=1S/C13H14N2O2/c1-9(2)12(16)15-13-14-8-11(17-13)10-6-4-3-5-7-10/h3-9H,1-2H3,(H,14,15,16). The molecule has 1 amide bonds. The van der Waals surface area contributed by atoms with Crippen molar-refractivity contribution in [2.24, 2.45) is 5.92 Å². The fourth-order valence-electron chi connectivity index (χ4n) is 1.32. The second-order valence-electron chi connectivity index (χ2n) is 4.04. The fourth-order valence-corrected chi connectivity index (χ4v) is 1.32. The van der Waals surface area contributed by atoms with Crippen LogP contribution in [0.25, 0.3) is 11.3 Å². The number of rotatable bonds is 3. The molecule has 17 heavy (non-hydrogen) atoms. The number of benzene rings is 1. The van der Waals surface area contributed by atoms with Gasteiger partial charge in [0, 0.05) is 11.5 Å². The lowest BCUT2D eigenvalue weighted by Crippen LogP contribution is -2.17. The van der Waals surface area contributed by atoms with Crippen LogP contribution in [0.4, 0.5) is 6.01 Å². The van der Waals surface area contributed by atoms with Crippen molar-refractivity contribution in [3.8, 4) is 11.3 Å². The number of carbonyl (C=O) groups excluding carboxylic acids is 1. The summed E-state index contributed by atoms with van der Waals surface area (Å²) in [6.45, 7) is 3.63. The molecule has 2 rings (SSSR count). The van der Waals surface area contributed by atoms with Crippen LogP contribution in [-0.4, -0.2) is 10.9 Å². The number of hydrogen-bond acceptors (Lipinski definition) is 3. The first-order chi connectivity index (χ1) is 8.16. The molecule has 1 heterocycles. The minimum absolute atomic E-state index is 0.0953. The van der Waals surface area contributed by atoms with Gasteiger partial charge in [0.25, 0.3) is 0 Å². The Morgan fingerprint density at radius 2 is 2.00 bits per heavy atom. The van der Waals surface area contributed by atoms with E-state index in [0.29, 0.717) is 5.76 Å². The SMILES string of the molecule is CC(C)C(=O)Nc1ncc(-c2ccccc2)o1. The maximum atomic E-state index is 11.4. The minimum Gasteiger partial charge on any atom is -0.423 e. The summed E-state index contributed by atoms with van der Waals surface area (Å²) in [5.41, 5.74) is 0.935. The summed E-state index contributed by atoms with van der Waals surface area (Å²) in [7, 11) is 0. The minimum atomic E-state index is -0.105. The third-order valence-corrected chi connectivity index (χ3v) is 2.32. The molecule has 4 heteroatoms. The Hall–Kier alpha value is -2.10. The van der Waals surface area contributed by atoms with Crippen LogP contribution in [0.15, 0.2) is 40.9 Å². The largest absolute Gasteiger partial charge is 0.423 e. The van der Waals surface area contributed by atoms with Gasteiger partial charge in [0.15, 0.2) is 5.76 Å². The summed E-state index contributed by atoms with van der Waals surface area (Å²) < 4.78 is 5.45. The van der Waals surface area contributed by atoms with Crippen LogP contribution in [0.1, 0.15) is 13.8 Å². The Bertz CT molecular complexity index is 503. The highest BCUT2D eigenvalue weighted by atomic mass is 16.4. The topological polar surface area (TPSA) is 55.1 Å². The van der Waals surface area contributed by atoms with Gasteiger partial charge >= 0.3 is 6.01 Å². The molecule has 0 radical (unpaired) electrons. The Kier molecular flexibility index (Phi) is 3.23. The van der Waals surface area contributed by atoms with Gasteiger partial charge < -0.3 is 4.42 Å². The summed E-state index contributed by atoms with van der Waals surface area (Å²) >= 11 is 0. The maximum absolute atomic E-state index is 11.4. The van der Waals surface area contributed by atoms with Crippen molar-refractivity contribution < 1.29 is 9.21 Å². The molecule has 2 aromatic rings. The van der Waals surface area contributed by atoms with Gasteiger partial charge in [0.1, 0.15) is 0 Å². The second kappa shape index (κ2) is 4.82. The van der Waals surface area contributed by atoms with Crippen LogP contribution in [0, 0.1) is 5.92 Å². The molecule has 1 aromatic carbocycles. The molecule has 0 aliphatic rings. The lowest BCUT2D eigenvalue weighted by molar-refractivity contribution is -0.119. The van der Waals surface area contributed by atoms with E-state index >= 15 is 0 Å². The Morgan fingerprint density at radius 3 is 2.65 bits per heavy atom. The molecular formula is C13H14N2O2. The smallest absolute Gasteiger partial charge is 0.301 e. The summed E-state index contributed by atoms with van der Waals surface area (Å²) in [5.74, 6) is 0.443. The Morgan fingerprint density at radius 1 is 1.29 bits per heavy atom. The predicted octanol–water partition coefficient (Wildman–Crippen LogP) is 2.94. The average molecular weight is 230 g/mol. The molecule has 0 aliphatic heterocycles. The van der Waals surface area contributed by atoms with Gasteiger partial charge in [-0.1, -0.05) is 44.2 Å². The van der Waals surface area contributed by atoms with Crippen molar-refractivity contribution in [1.82, 2.24) is 4.98 Å². The first-order valence-corrected chi connectivity index (χ1v) is 5.49. The van der Waals surface area contributed by atoms with Crippen molar-refractivity contribution in [1.29, 1.82) is 0 Å². The van der Waals surface area contributed by atoms with Gasteiger partial charge in [-0.25, -0.2) is 4.98 Å². The van der Waals surface area contributed by atoms with Gasteiger partial charge in [-0.3, -0.25) is 10.1 Å². The van der Waals surface area contributed by atoms with E-state index < -0.39 is 0 Å². The van der Waals surface area contributed by atoms with Gasteiger partial charge in [-0.05, 0) is 0 Å². The second-order valence-corrected chi connectivity index (χ2v) is 4.04. The Balaban J connectivity index is 2.14. The van der Waals surface area contributed by atoms with Crippen molar-refractivity contribution in [2.75, 3.05) is 5.32 Å². The number of aromatic nitrogens is 1. The van der Waals surface area contributed by atoms with E-state index in [2.05, 4.69) is 10.3 Å². The van der Waals surface area contributed by atoms with E-state index in [0.717, 1.165) is 5.56 Å². The average Bonchev–Trinajstić information content (AvgIpc) is 2.78. The number of nitrogens with zero attached hydrogens (tertiary/aromatic N) is 1. The molecule has 1 aromatic heterocycles. The van der Waals surface area contributed by atoms with Crippen LogP contribution in [-0.2, 0) is 4.79 Å². The summed E-state index contributed by atoms with van der Waals surface area (Å²) in [5, 5.41) is 2.61. The van der Waals surface area contributed by atoms with Gasteiger partial charge in [0.2, 0.25) is 5.91 Å². The molecular weight excluding hydrogens is 216 g/mol. The van der Waals surface area contributed by atoms with Gasteiger partial charge in [-0.2, -0.15) is 0 Å². The third-order valence-electron chi connectivity index (χ3n) is 2.32. The van der Waals surface area contributed by atoms with Crippen LogP contribution in [0.2, 0.25) is 0 Å². The number of nitrogens with one attached hydrogen (secondary N) is 1. The zero-order chi connectivity index (χ0) is 12.3. The lowest BCUT2D eigenvalue weighted by atomic mass is 10.2. The van der Waals surface area contributed by atoms with Crippen LogP contribution >= 0.6 is 0 Å². The molecule has 0 spiro atoms. The molecule has 0 fully saturated rings. The molecule has 0 saturated heterocycles. The van der Waals surface area contributed by atoms with E-state index in [1.807, 2.05) is 44.2 Å². The summed E-state index contributed by atoms with van der Waals surface area (Å²) in [4.78, 5) is 15.5. The molecule has 0 unspecified atom stereocenters. The van der Waals surface area contributed by atoms with E-state index in [4.69, 9.17) is 4.42 Å². The highest BCUT2D eigenvalue weighted by Gasteiger charge is 2.11. The van der Waals surface area contributed by atoms with Gasteiger partial charge in [0.05, 0.1) is 6.20 Å². The molecule has 0 atom stereocenters. The first kappa shape index (κ1) is 11.4. The predicted molar refractivity (Wildman–Crippen MR) is 65.4 cm³/mol. The number of oxazole rings is 1. The van der Waals surface area contributed by atoms with E-state index in [9.17, 15) is 4.79 Å². The summed E-state index contributed by atoms with van der Waals surface area (Å²) in [6, 6.07) is 9.86. The zero-order valence-electron chi connectivity index (χ0n) is 9.81. The van der Waals surface area contributed by atoms with Crippen LogP contribution in [0.3, 0.4) is 0 Å². The fraction of sp³-hybridized carbons (Fsp3) is 0.231. The molecule has 0 aliphatic carbocycles. The monoisotopic (exact) mass is 230 g/mol. The number of amides is 1. The number of hydrogen-bond donors (Lipinski definition) is 1. The number of anilines is 1. The highest BCUT2D eigenvalue weighted by molar-refractivity contribution is 5.90. The zero-order valence-corrected chi connectivity index (χ0v) is 9.81. The van der Waals surface area contributed by atoms with E-state index in [-0.39, 0.29) is 17.8 Å². The van der Waals surface area contributed by atoms with Crippen molar-refractivity contribution in [3.05, 3.63) is 36.5 Å². The van der Waals surface area contributed by atoms with Crippen molar-refractivity contribution >= 4 is 11.9 Å². The summed E-state index contributed by atoms with van der Waals surface area (Å²) in [6.07, 6.45) is 1.60. The highest BCUT2D eigenvalue weighted by Crippen LogP contribution is 2.22. The van der Waals surface area contributed by atoms with Gasteiger partial charge in [-0.15, -0.1) is 0 Å². The van der Waals surface area contributed by atoms with E-state index in [1.165, 1.54) is 0 Å². The normalized spacial score (nSPS) is 10.5. The molecule has 0 bridgehead atoms. The van der Waals surface area contributed by atoms with Crippen LogP contribution in [0.5, 0.6) is 0 Å². The molecule has 0 saturated carbocycles. The van der Waals surface area contributed by atoms with Crippen molar-refractivity contribution in [3.63, 3.8) is 0 Å². The number of carbonyl (C=O) groups is 1. The molecule has 1 N–H and O–H groups in total.